The number of aryl methyl sites for hydroxylation is 1. The average molecular weight is 325 g/mol. The lowest BCUT2D eigenvalue weighted by atomic mass is 10.2. The summed E-state index contributed by atoms with van der Waals surface area (Å²) in [7, 11) is -3.75. The fraction of sp³-hybridized carbons (Fsp3) is 0.214. The molecular weight excluding hydrogens is 310 g/mol. The van der Waals surface area contributed by atoms with Crippen LogP contribution in [0.3, 0.4) is 0 Å². The molecule has 0 unspecified atom stereocenters. The summed E-state index contributed by atoms with van der Waals surface area (Å²) in [5, 5.41) is 10.2. The third-order valence-electron chi connectivity index (χ3n) is 2.94. The van der Waals surface area contributed by atoms with Gasteiger partial charge in [-0.2, -0.15) is 0 Å². The van der Waals surface area contributed by atoms with Gasteiger partial charge in [0.15, 0.2) is 0 Å². The van der Waals surface area contributed by atoms with E-state index in [-0.39, 0.29) is 16.3 Å². The lowest BCUT2D eigenvalue weighted by Gasteiger charge is -2.22. The molecule has 0 atom stereocenters. The van der Waals surface area contributed by atoms with Crippen molar-refractivity contribution >= 4 is 33.0 Å². The number of carboxylic acid groups (broad SMARTS) is 1. The summed E-state index contributed by atoms with van der Waals surface area (Å²) in [6.45, 7) is 3.90. The molecule has 1 aromatic carbocycles. The molecule has 5 nitrogen and oxygen atoms in total. The van der Waals surface area contributed by atoms with Gasteiger partial charge in [-0.3, -0.25) is 4.31 Å². The minimum Gasteiger partial charge on any atom is -0.478 e. The van der Waals surface area contributed by atoms with Gasteiger partial charge < -0.3 is 5.11 Å². The Morgan fingerprint density at radius 1 is 1.33 bits per heavy atom. The molecule has 112 valence electrons. The first-order valence-electron chi connectivity index (χ1n) is 6.27. The number of nitrogens with zero attached hydrogens (tertiary/aromatic N) is 1. The molecule has 0 aliphatic rings. The van der Waals surface area contributed by atoms with E-state index in [9.17, 15) is 13.2 Å². The van der Waals surface area contributed by atoms with Crippen LogP contribution in [0, 0.1) is 6.92 Å². The second-order valence-corrected chi connectivity index (χ2v) is 7.47. The molecule has 7 heteroatoms. The highest BCUT2D eigenvalue weighted by atomic mass is 32.2. The Morgan fingerprint density at radius 3 is 2.57 bits per heavy atom. The molecule has 0 aliphatic heterocycles. The van der Waals surface area contributed by atoms with E-state index in [4.69, 9.17) is 5.11 Å². The molecule has 21 heavy (non-hydrogen) atoms. The molecule has 0 saturated heterocycles. The molecule has 1 N–H and O–H groups in total. The largest absolute Gasteiger partial charge is 0.478 e. The minimum absolute atomic E-state index is 0.0149. The Balaban J connectivity index is 2.46. The number of sulfonamides is 1. The standard InChI is InChI=1S/C14H15NO4S2/c1-3-15(12-6-4-5-10(2)7-12)21(18,19)13-8-11(9-20-13)14(16)17/h4-9H,3H2,1-2H3,(H,16,17). The molecule has 2 rings (SSSR count). The molecule has 0 amide bonds. The van der Waals surface area contributed by atoms with Crippen LogP contribution >= 0.6 is 11.3 Å². The second-order valence-electron chi connectivity index (χ2n) is 4.47. The van der Waals surface area contributed by atoms with Crippen LogP contribution in [0.15, 0.2) is 39.9 Å². The van der Waals surface area contributed by atoms with Crippen molar-refractivity contribution in [2.75, 3.05) is 10.8 Å². The summed E-state index contributed by atoms with van der Waals surface area (Å²) < 4.78 is 26.6. The van der Waals surface area contributed by atoms with Crippen molar-refractivity contribution in [3.05, 3.63) is 46.8 Å². The third kappa shape index (κ3) is 3.08. The summed E-state index contributed by atoms with van der Waals surface area (Å²) in [5.41, 5.74) is 1.51. The maximum Gasteiger partial charge on any atom is 0.336 e. The van der Waals surface area contributed by atoms with Crippen LogP contribution in [-0.2, 0) is 10.0 Å². The van der Waals surface area contributed by atoms with E-state index in [1.54, 1.807) is 25.1 Å². The molecule has 1 aromatic heterocycles. The molecule has 0 radical (unpaired) electrons. The van der Waals surface area contributed by atoms with Crippen molar-refractivity contribution in [1.82, 2.24) is 0 Å². The predicted octanol–water partition coefficient (Wildman–Crippen LogP) is 2.97. The number of benzene rings is 1. The first kappa shape index (κ1) is 15.5. The van der Waals surface area contributed by atoms with E-state index in [2.05, 4.69) is 0 Å². The summed E-state index contributed by atoms with van der Waals surface area (Å²) in [6, 6.07) is 8.38. The van der Waals surface area contributed by atoms with Gasteiger partial charge >= 0.3 is 5.97 Å². The molecular formula is C14H15NO4S2. The summed E-state index contributed by atoms with van der Waals surface area (Å²) in [5.74, 6) is -1.13. The van der Waals surface area contributed by atoms with Gasteiger partial charge in [0, 0.05) is 11.9 Å². The Kier molecular flexibility index (Phi) is 4.34. The van der Waals surface area contributed by atoms with Crippen LogP contribution in [0.25, 0.3) is 0 Å². The fourth-order valence-electron chi connectivity index (χ4n) is 1.95. The summed E-state index contributed by atoms with van der Waals surface area (Å²) >= 11 is 0.917. The number of carboxylic acids is 1. The number of rotatable bonds is 5. The average Bonchev–Trinajstić information content (AvgIpc) is 2.89. The van der Waals surface area contributed by atoms with Crippen LogP contribution in [0.4, 0.5) is 5.69 Å². The van der Waals surface area contributed by atoms with Crippen LogP contribution < -0.4 is 4.31 Å². The van der Waals surface area contributed by atoms with Gasteiger partial charge in [0.25, 0.3) is 10.0 Å². The first-order valence-corrected chi connectivity index (χ1v) is 8.59. The molecule has 0 bridgehead atoms. The van der Waals surface area contributed by atoms with Gasteiger partial charge in [-0.25, -0.2) is 13.2 Å². The fourth-order valence-corrected chi connectivity index (χ4v) is 4.68. The third-order valence-corrected chi connectivity index (χ3v) is 6.26. The van der Waals surface area contributed by atoms with E-state index >= 15 is 0 Å². The Bertz CT molecular complexity index is 765. The quantitative estimate of drug-likeness (QED) is 0.917. The SMILES string of the molecule is CCN(c1cccc(C)c1)S(=O)(=O)c1cc(C(=O)O)cs1. The maximum atomic E-state index is 12.7. The van der Waals surface area contributed by atoms with Crippen molar-refractivity contribution in [1.29, 1.82) is 0 Å². The van der Waals surface area contributed by atoms with E-state index in [0.29, 0.717) is 5.69 Å². The van der Waals surface area contributed by atoms with Crippen molar-refractivity contribution in [2.24, 2.45) is 0 Å². The molecule has 0 saturated carbocycles. The van der Waals surface area contributed by atoms with Crippen molar-refractivity contribution in [2.45, 2.75) is 18.1 Å². The van der Waals surface area contributed by atoms with Gasteiger partial charge in [-0.05, 0) is 37.6 Å². The number of hydrogen-bond acceptors (Lipinski definition) is 4. The number of hydrogen-bond donors (Lipinski definition) is 1. The van der Waals surface area contributed by atoms with E-state index in [1.165, 1.54) is 15.8 Å². The lowest BCUT2D eigenvalue weighted by molar-refractivity contribution is 0.0697. The molecule has 2 aromatic rings. The smallest absolute Gasteiger partial charge is 0.336 e. The monoisotopic (exact) mass is 325 g/mol. The van der Waals surface area contributed by atoms with Gasteiger partial charge in [0.05, 0.1) is 11.3 Å². The molecule has 0 spiro atoms. The normalized spacial score (nSPS) is 11.3. The van der Waals surface area contributed by atoms with E-state index < -0.39 is 16.0 Å². The van der Waals surface area contributed by atoms with E-state index in [1.807, 2.05) is 13.0 Å². The number of anilines is 1. The zero-order valence-electron chi connectivity index (χ0n) is 11.6. The highest BCUT2D eigenvalue weighted by Crippen LogP contribution is 2.28. The van der Waals surface area contributed by atoms with Gasteiger partial charge in [-0.1, -0.05) is 12.1 Å². The van der Waals surface area contributed by atoms with Crippen LogP contribution in [0.5, 0.6) is 0 Å². The summed E-state index contributed by atoms with van der Waals surface area (Å²) in [4.78, 5) is 10.9. The van der Waals surface area contributed by atoms with Gasteiger partial charge in [0.1, 0.15) is 4.21 Å². The highest BCUT2D eigenvalue weighted by molar-refractivity contribution is 7.94. The maximum absolute atomic E-state index is 12.7. The predicted molar refractivity (Wildman–Crippen MR) is 82.7 cm³/mol. The summed E-state index contributed by atoms with van der Waals surface area (Å²) in [6.07, 6.45) is 0. The number of thiophene rings is 1. The number of aromatic carboxylic acids is 1. The van der Waals surface area contributed by atoms with Crippen molar-refractivity contribution < 1.29 is 18.3 Å². The van der Waals surface area contributed by atoms with Crippen LogP contribution in [0.1, 0.15) is 22.8 Å². The highest BCUT2D eigenvalue weighted by Gasteiger charge is 2.26. The van der Waals surface area contributed by atoms with E-state index in [0.717, 1.165) is 16.9 Å². The van der Waals surface area contributed by atoms with Crippen molar-refractivity contribution in [3.8, 4) is 0 Å². The zero-order chi connectivity index (χ0) is 15.6. The van der Waals surface area contributed by atoms with Crippen LogP contribution in [0.2, 0.25) is 0 Å². The van der Waals surface area contributed by atoms with Gasteiger partial charge in [0.2, 0.25) is 0 Å². The van der Waals surface area contributed by atoms with Gasteiger partial charge in [-0.15, -0.1) is 11.3 Å². The second kappa shape index (κ2) is 5.87. The topological polar surface area (TPSA) is 74.7 Å². The number of carbonyl (C=O) groups is 1. The first-order chi connectivity index (χ1) is 9.86. The van der Waals surface area contributed by atoms with Crippen LogP contribution in [-0.4, -0.2) is 26.0 Å². The Hall–Kier alpha value is -1.86. The molecule has 1 heterocycles. The zero-order valence-corrected chi connectivity index (χ0v) is 13.2. The Labute approximate surface area is 127 Å². The molecule has 0 aliphatic carbocycles. The van der Waals surface area contributed by atoms with Crippen molar-refractivity contribution in [3.63, 3.8) is 0 Å². The minimum atomic E-state index is -3.75. The Morgan fingerprint density at radius 2 is 2.05 bits per heavy atom. The molecule has 0 fully saturated rings. The lowest BCUT2D eigenvalue weighted by Crippen LogP contribution is -2.30.